The van der Waals surface area contributed by atoms with E-state index in [0.717, 1.165) is 42.5 Å². The van der Waals surface area contributed by atoms with Gasteiger partial charge in [-0.25, -0.2) is 0 Å². The molecule has 0 radical (unpaired) electrons. The third kappa shape index (κ3) is 3.92. The molecule has 0 aliphatic heterocycles. The van der Waals surface area contributed by atoms with Crippen LogP contribution in [-0.4, -0.2) is 11.8 Å². The molecule has 0 fully saturated rings. The van der Waals surface area contributed by atoms with Gasteiger partial charge in [-0.3, -0.25) is 9.59 Å². The fraction of sp³-hybridized carbons (Fsp3) is 0.238. The van der Waals surface area contributed by atoms with Gasteiger partial charge in [-0.2, -0.15) is 0 Å². The summed E-state index contributed by atoms with van der Waals surface area (Å²) in [6.07, 6.45) is 4.91. The predicted octanol–water partition coefficient (Wildman–Crippen LogP) is 5.94. The number of aryl methyl sites for hydroxylation is 1. The Kier molecular flexibility index (Phi) is 5.67. The van der Waals surface area contributed by atoms with Crippen LogP contribution in [0.15, 0.2) is 34.7 Å². The molecule has 2 aromatic heterocycles. The van der Waals surface area contributed by atoms with Gasteiger partial charge in [0.25, 0.3) is 11.8 Å². The van der Waals surface area contributed by atoms with Crippen LogP contribution in [-0.2, 0) is 12.8 Å². The number of anilines is 1. The molecule has 8 heteroatoms. The van der Waals surface area contributed by atoms with E-state index in [1.165, 1.54) is 11.3 Å². The van der Waals surface area contributed by atoms with Crippen LogP contribution >= 0.6 is 34.5 Å². The molecule has 3 N–H and O–H groups in total. The maximum absolute atomic E-state index is 12.8. The van der Waals surface area contributed by atoms with Gasteiger partial charge in [-0.1, -0.05) is 35.7 Å². The minimum atomic E-state index is -0.523. The fourth-order valence-corrected chi connectivity index (χ4v) is 5.24. The van der Waals surface area contributed by atoms with Crippen molar-refractivity contribution in [3.8, 4) is 11.3 Å². The zero-order valence-electron chi connectivity index (χ0n) is 15.4. The maximum atomic E-state index is 12.8. The first-order valence-electron chi connectivity index (χ1n) is 9.25. The van der Waals surface area contributed by atoms with Crippen LogP contribution in [0.5, 0.6) is 0 Å². The Balaban J connectivity index is 1.62. The van der Waals surface area contributed by atoms with Crippen molar-refractivity contribution in [3.63, 3.8) is 0 Å². The monoisotopic (exact) mass is 448 g/mol. The van der Waals surface area contributed by atoms with Gasteiger partial charge in [0, 0.05) is 10.4 Å². The lowest BCUT2D eigenvalue weighted by atomic mass is 10.1. The summed E-state index contributed by atoms with van der Waals surface area (Å²) in [5, 5.41) is 4.04. The molecule has 2 amide bonds. The molecule has 2 heterocycles. The largest absolute Gasteiger partial charge is 0.451 e. The van der Waals surface area contributed by atoms with Crippen LogP contribution in [0.25, 0.3) is 11.3 Å². The van der Waals surface area contributed by atoms with Crippen LogP contribution in [0.1, 0.15) is 50.6 Å². The molecule has 1 aromatic carbocycles. The summed E-state index contributed by atoms with van der Waals surface area (Å²) in [7, 11) is 0. The number of nitrogens with one attached hydrogen (secondary N) is 1. The highest BCUT2D eigenvalue weighted by atomic mass is 35.5. The summed E-state index contributed by atoms with van der Waals surface area (Å²) in [5.41, 5.74) is 7.62. The minimum absolute atomic E-state index is 0.107. The highest BCUT2D eigenvalue weighted by Crippen LogP contribution is 2.38. The summed E-state index contributed by atoms with van der Waals surface area (Å²) in [5.74, 6) is -0.436. The van der Waals surface area contributed by atoms with Crippen molar-refractivity contribution in [1.82, 2.24) is 0 Å². The number of carbonyl (C=O) groups is 2. The van der Waals surface area contributed by atoms with Crippen LogP contribution in [0.4, 0.5) is 5.00 Å². The number of rotatable bonds is 4. The third-order valence-corrected chi connectivity index (χ3v) is 6.97. The minimum Gasteiger partial charge on any atom is -0.451 e. The van der Waals surface area contributed by atoms with E-state index in [1.807, 2.05) is 0 Å². The normalized spacial score (nSPS) is 13.6. The smallest absolute Gasteiger partial charge is 0.292 e. The van der Waals surface area contributed by atoms with E-state index in [4.69, 9.17) is 33.4 Å². The van der Waals surface area contributed by atoms with E-state index in [-0.39, 0.29) is 5.76 Å². The van der Waals surface area contributed by atoms with Gasteiger partial charge >= 0.3 is 0 Å². The number of halogens is 2. The van der Waals surface area contributed by atoms with Crippen molar-refractivity contribution in [3.05, 3.63) is 62.1 Å². The Morgan fingerprint density at radius 1 is 1.07 bits per heavy atom. The Morgan fingerprint density at radius 2 is 1.86 bits per heavy atom. The van der Waals surface area contributed by atoms with Gasteiger partial charge in [0.2, 0.25) is 0 Å². The molecule has 1 aliphatic rings. The second-order valence-corrected chi connectivity index (χ2v) is 8.74. The summed E-state index contributed by atoms with van der Waals surface area (Å²) in [4.78, 5) is 26.0. The Labute approximate surface area is 181 Å². The van der Waals surface area contributed by atoms with E-state index in [2.05, 4.69) is 5.32 Å². The number of thiophene rings is 1. The summed E-state index contributed by atoms with van der Waals surface area (Å²) >= 11 is 13.7. The number of amides is 2. The highest BCUT2D eigenvalue weighted by Gasteiger charge is 2.25. The average Bonchev–Trinajstić information content (AvgIpc) is 3.23. The first-order valence-corrected chi connectivity index (χ1v) is 10.8. The number of benzene rings is 1. The zero-order chi connectivity index (χ0) is 20.5. The van der Waals surface area contributed by atoms with Crippen LogP contribution in [0.2, 0.25) is 10.0 Å². The molecule has 4 rings (SSSR count). The average molecular weight is 449 g/mol. The van der Waals surface area contributed by atoms with Crippen LogP contribution in [0, 0.1) is 0 Å². The molecule has 0 unspecified atom stereocenters. The molecular formula is C21H18Cl2N2O3S. The molecule has 150 valence electrons. The number of hydrogen-bond acceptors (Lipinski definition) is 4. The molecule has 0 bridgehead atoms. The molecule has 0 spiro atoms. The van der Waals surface area contributed by atoms with E-state index >= 15 is 0 Å². The highest BCUT2D eigenvalue weighted by molar-refractivity contribution is 7.17. The molecule has 1 aliphatic carbocycles. The second kappa shape index (κ2) is 8.22. The van der Waals surface area contributed by atoms with E-state index in [9.17, 15) is 9.59 Å². The van der Waals surface area contributed by atoms with Gasteiger partial charge in [-0.05, 0) is 55.5 Å². The van der Waals surface area contributed by atoms with E-state index in [0.29, 0.717) is 31.9 Å². The van der Waals surface area contributed by atoms with Crippen LogP contribution < -0.4 is 11.1 Å². The Bertz CT molecular complexity index is 1100. The lowest BCUT2D eigenvalue weighted by Crippen LogP contribution is -2.17. The number of nitrogens with two attached hydrogens (primary N) is 1. The number of primary amides is 1. The lowest BCUT2D eigenvalue weighted by molar-refractivity contribution is 0.0998. The number of hydrogen-bond donors (Lipinski definition) is 2. The van der Waals surface area contributed by atoms with Crippen molar-refractivity contribution in [2.24, 2.45) is 5.73 Å². The molecule has 0 saturated carbocycles. The predicted molar refractivity (Wildman–Crippen MR) is 116 cm³/mol. The van der Waals surface area contributed by atoms with Gasteiger partial charge < -0.3 is 15.5 Å². The van der Waals surface area contributed by atoms with Crippen molar-refractivity contribution in [1.29, 1.82) is 0 Å². The zero-order valence-corrected chi connectivity index (χ0v) is 17.7. The summed E-state index contributed by atoms with van der Waals surface area (Å²) < 4.78 is 5.70. The standard InChI is InChI=1S/C21H18Cl2N2O3S/c22-13-7-4-6-11(18(13)23)14-9-10-15(28-14)20(27)25-21-17(19(24)26)12-5-2-1-3-8-16(12)29-21/h4,6-7,9-10H,1-3,5,8H2,(H2,24,26)(H,25,27). The van der Waals surface area contributed by atoms with Crippen molar-refractivity contribution < 1.29 is 14.0 Å². The first-order chi connectivity index (χ1) is 14.0. The summed E-state index contributed by atoms with van der Waals surface area (Å²) in [6, 6.07) is 8.41. The van der Waals surface area contributed by atoms with Crippen molar-refractivity contribution in [2.45, 2.75) is 32.1 Å². The number of furan rings is 1. The van der Waals surface area contributed by atoms with Gasteiger partial charge in [0.1, 0.15) is 10.8 Å². The Hall–Kier alpha value is -2.28. The van der Waals surface area contributed by atoms with Gasteiger partial charge in [0.15, 0.2) is 5.76 Å². The molecular weight excluding hydrogens is 431 g/mol. The fourth-order valence-electron chi connectivity index (χ4n) is 3.55. The molecule has 5 nitrogen and oxygen atoms in total. The molecule has 0 atom stereocenters. The quantitative estimate of drug-likeness (QED) is 0.484. The first kappa shape index (κ1) is 20.0. The SMILES string of the molecule is NC(=O)c1c(NC(=O)c2ccc(-c3cccc(Cl)c3Cl)o2)sc2c1CCCCC2. The van der Waals surface area contributed by atoms with Gasteiger partial charge in [0.05, 0.1) is 15.6 Å². The molecule has 29 heavy (non-hydrogen) atoms. The number of carbonyl (C=O) groups excluding carboxylic acids is 2. The number of fused-ring (bicyclic) bond motifs is 1. The lowest BCUT2D eigenvalue weighted by Gasteiger charge is -2.05. The van der Waals surface area contributed by atoms with E-state index < -0.39 is 11.8 Å². The topological polar surface area (TPSA) is 85.3 Å². The van der Waals surface area contributed by atoms with Crippen LogP contribution in [0.3, 0.4) is 0 Å². The van der Waals surface area contributed by atoms with E-state index in [1.54, 1.807) is 30.3 Å². The second-order valence-electron chi connectivity index (χ2n) is 6.85. The Morgan fingerprint density at radius 3 is 2.66 bits per heavy atom. The molecule has 3 aromatic rings. The summed E-state index contributed by atoms with van der Waals surface area (Å²) in [6.45, 7) is 0. The molecule has 0 saturated heterocycles. The van der Waals surface area contributed by atoms with Crippen molar-refractivity contribution in [2.75, 3.05) is 5.32 Å². The van der Waals surface area contributed by atoms with Crippen molar-refractivity contribution >= 4 is 51.4 Å². The van der Waals surface area contributed by atoms with Gasteiger partial charge in [-0.15, -0.1) is 11.3 Å². The maximum Gasteiger partial charge on any atom is 0.292 e. The third-order valence-electron chi connectivity index (χ3n) is 4.94.